The van der Waals surface area contributed by atoms with E-state index in [2.05, 4.69) is 4.74 Å². The topological polar surface area (TPSA) is 66.8 Å². The molecule has 0 atom stereocenters. The zero-order chi connectivity index (χ0) is 21.4. The molecule has 1 fully saturated rings. The van der Waals surface area contributed by atoms with E-state index >= 15 is 0 Å². The molecule has 0 spiro atoms. The lowest BCUT2D eigenvalue weighted by Gasteiger charge is -2.28. The molecule has 1 aliphatic rings. The van der Waals surface area contributed by atoms with Gasteiger partial charge in [0.2, 0.25) is 0 Å². The molecule has 0 radical (unpaired) electrons. The van der Waals surface area contributed by atoms with Crippen LogP contribution in [0.3, 0.4) is 0 Å². The predicted octanol–water partition coefficient (Wildman–Crippen LogP) is 4.36. The smallest absolute Gasteiger partial charge is 0.325 e. The predicted molar refractivity (Wildman–Crippen MR) is 117 cm³/mol. The van der Waals surface area contributed by atoms with Crippen LogP contribution >= 0.6 is 24.0 Å². The zero-order valence-electron chi connectivity index (χ0n) is 17.4. The van der Waals surface area contributed by atoms with Gasteiger partial charge in [-0.3, -0.25) is 14.5 Å². The van der Waals surface area contributed by atoms with E-state index in [4.69, 9.17) is 12.2 Å². The third-order valence-electron chi connectivity index (χ3n) is 4.43. The van der Waals surface area contributed by atoms with Gasteiger partial charge in [0.1, 0.15) is 16.6 Å². The first-order chi connectivity index (χ1) is 12.8. The molecule has 28 heavy (non-hydrogen) atoms. The van der Waals surface area contributed by atoms with E-state index in [0.29, 0.717) is 9.23 Å². The molecule has 0 bridgehead atoms. The number of esters is 1. The van der Waals surface area contributed by atoms with Crippen LogP contribution in [0, 0.1) is 0 Å². The lowest BCUT2D eigenvalue weighted by molar-refractivity contribution is -0.143. The number of ether oxygens (including phenoxy) is 1. The summed E-state index contributed by atoms with van der Waals surface area (Å²) >= 11 is 6.41. The first-order valence-electron chi connectivity index (χ1n) is 8.96. The number of phenols is 1. The number of rotatable bonds is 3. The van der Waals surface area contributed by atoms with Crippen molar-refractivity contribution in [2.24, 2.45) is 0 Å². The summed E-state index contributed by atoms with van der Waals surface area (Å²) in [4.78, 5) is 25.9. The van der Waals surface area contributed by atoms with Crippen LogP contribution in [0.5, 0.6) is 5.75 Å². The summed E-state index contributed by atoms with van der Waals surface area (Å²) in [5.74, 6) is -0.550. The van der Waals surface area contributed by atoms with Crippen LogP contribution in [0.1, 0.15) is 58.2 Å². The summed E-state index contributed by atoms with van der Waals surface area (Å²) in [6.07, 6.45) is 1.76. The van der Waals surface area contributed by atoms with Crippen molar-refractivity contribution in [1.82, 2.24) is 4.90 Å². The number of carbonyl (C=O) groups excluding carboxylic acids is 2. The third-order valence-corrected chi connectivity index (χ3v) is 5.81. The maximum absolute atomic E-state index is 12.7. The summed E-state index contributed by atoms with van der Waals surface area (Å²) in [6.45, 7) is 12.0. The highest BCUT2D eigenvalue weighted by Crippen LogP contribution is 2.41. The number of benzene rings is 1. The van der Waals surface area contributed by atoms with Gasteiger partial charge in [0.05, 0.1) is 12.0 Å². The Balaban J connectivity index is 2.52. The maximum Gasteiger partial charge on any atom is 0.325 e. The van der Waals surface area contributed by atoms with Crippen LogP contribution in [0.15, 0.2) is 17.0 Å². The van der Waals surface area contributed by atoms with Gasteiger partial charge in [0, 0.05) is 11.1 Å². The average Bonchev–Trinajstić information content (AvgIpc) is 2.81. The molecular formula is C21H27NO4S2. The van der Waals surface area contributed by atoms with Gasteiger partial charge in [-0.15, -0.1) is 0 Å². The van der Waals surface area contributed by atoms with E-state index in [1.807, 2.05) is 53.7 Å². The molecule has 1 saturated heterocycles. The van der Waals surface area contributed by atoms with E-state index in [-0.39, 0.29) is 29.0 Å². The number of amides is 1. The van der Waals surface area contributed by atoms with Crippen LogP contribution in [-0.4, -0.2) is 39.9 Å². The minimum atomic E-state index is -0.521. The highest BCUT2D eigenvalue weighted by atomic mass is 32.2. The molecule has 152 valence electrons. The normalized spacial score (nSPS) is 16.8. The molecule has 5 nitrogen and oxygen atoms in total. The van der Waals surface area contributed by atoms with Crippen LogP contribution in [0.2, 0.25) is 0 Å². The monoisotopic (exact) mass is 421 g/mol. The minimum absolute atomic E-state index is 0.200. The molecule has 1 heterocycles. The van der Waals surface area contributed by atoms with Crippen LogP contribution in [0.25, 0.3) is 6.08 Å². The fourth-order valence-electron chi connectivity index (χ4n) is 2.86. The number of aromatic hydroxyl groups is 1. The Morgan fingerprint density at radius 1 is 1.18 bits per heavy atom. The molecule has 2 rings (SSSR count). The number of carbonyl (C=O) groups is 2. The number of thiocarbonyl (C=S) groups is 1. The largest absolute Gasteiger partial charge is 0.507 e. The first-order valence-corrected chi connectivity index (χ1v) is 10.2. The van der Waals surface area contributed by atoms with Gasteiger partial charge in [0.15, 0.2) is 0 Å². The van der Waals surface area contributed by atoms with Crippen molar-refractivity contribution in [3.8, 4) is 5.75 Å². The SMILES string of the molecule is COC(=O)CN1C(=O)/C(=C/c2cc(C(C)(C)C)c(O)c(C(C)(C)C)c2)SC1=S. The Morgan fingerprint density at radius 3 is 2.11 bits per heavy atom. The second kappa shape index (κ2) is 7.87. The number of methoxy groups -OCH3 is 1. The average molecular weight is 422 g/mol. The Hall–Kier alpha value is -1.86. The molecule has 1 aromatic rings. The van der Waals surface area contributed by atoms with Gasteiger partial charge in [-0.1, -0.05) is 65.5 Å². The highest BCUT2D eigenvalue weighted by molar-refractivity contribution is 8.26. The van der Waals surface area contributed by atoms with Crippen molar-refractivity contribution < 1.29 is 19.4 Å². The molecule has 1 aliphatic heterocycles. The van der Waals surface area contributed by atoms with Crippen molar-refractivity contribution in [3.63, 3.8) is 0 Å². The standard InChI is InChI=1S/C21H27NO4S2/c1-20(2,3)13-8-12(9-14(17(13)24)21(4,5)6)10-15-18(25)22(19(27)28-15)11-16(23)26-7/h8-10,24H,11H2,1-7H3/b15-10-. The number of hydrogen-bond donors (Lipinski definition) is 1. The number of phenolic OH excluding ortho intramolecular Hbond substituents is 1. The van der Waals surface area contributed by atoms with Crippen molar-refractivity contribution in [2.45, 2.75) is 52.4 Å². The van der Waals surface area contributed by atoms with Crippen LogP contribution < -0.4 is 0 Å². The summed E-state index contributed by atoms with van der Waals surface area (Å²) in [6, 6.07) is 3.80. The van der Waals surface area contributed by atoms with Crippen molar-refractivity contribution in [1.29, 1.82) is 0 Å². The van der Waals surface area contributed by atoms with Gasteiger partial charge in [-0.05, 0) is 34.6 Å². The van der Waals surface area contributed by atoms with E-state index in [1.165, 1.54) is 12.0 Å². The number of nitrogens with zero attached hydrogens (tertiary/aromatic N) is 1. The summed E-state index contributed by atoms with van der Waals surface area (Å²) in [5.41, 5.74) is 1.91. The third kappa shape index (κ3) is 4.75. The summed E-state index contributed by atoms with van der Waals surface area (Å²) in [7, 11) is 1.27. The van der Waals surface area contributed by atoms with Crippen molar-refractivity contribution in [3.05, 3.63) is 33.7 Å². The molecule has 1 amide bonds. The molecule has 0 saturated carbocycles. The van der Waals surface area contributed by atoms with Crippen molar-refractivity contribution in [2.75, 3.05) is 13.7 Å². The molecular weight excluding hydrogens is 394 g/mol. The van der Waals surface area contributed by atoms with Gasteiger partial charge < -0.3 is 9.84 Å². The summed E-state index contributed by atoms with van der Waals surface area (Å²) in [5, 5.41) is 10.8. The fraction of sp³-hybridized carbons (Fsp3) is 0.476. The second-order valence-electron chi connectivity index (χ2n) is 8.81. The van der Waals surface area contributed by atoms with Gasteiger partial charge in [-0.2, -0.15) is 0 Å². The zero-order valence-corrected chi connectivity index (χ0v) is 19.0. The van der Waals surface area contributed by atoms with Gasteiger partial charge in [0.25, 0.3) is 5.91 Å². The maximum atomic E-state index is 12.7. The quantitative estimate of drug-likeness (QED) is 0.444. The van der Waals surface area contributed by atoms with Crippen molar-refractivity contribution >= 4 is 46.3 Å². The number of thioether (sulfide) groups is 1. The van der Waals surface area contributed by atoms with E-state index in [9.17, 15) is 14.7 Å². The Bertz CT molecular complexity index is 825. The first kappa shape index (κ1) is 22.4. The Morgan fingerprint density at radius 2 is 1.68 bits per heavy atom. The summed E-state index contributed by atoms with van der Waals surface area (Å²) < 4.78 is 4.96. The van der Waals surface area contributed by atoms with Gasteiger partial charge in [-0.25, -0.2) is 0 Å². The lowest BCUT2D eigenvalue weighted by Crippen LogP contribution is -2.33. The van der Waals surface area contributed by atoms with E-state index < -0.39 is 5.97 Å². The molecule has 1 N–H and O–H groups in total. The van der Waals surface area contributed by atoms with E-state index in [0.717, 1.165) is 28.5 Å². The van der Waals surface area contributed by atoms with Crippen LogP contribution in [0.4, 0.5) is 0 Å². The highest BCUT2D eigenvalue weighted by Gasteiger charge is 2.34. The molecule has 1 aromatic carbocycles. The second-order valence-corrected chi connectivity index (χ2v) is 10.5. The molecule has 0 aliphatic carbocycles. The molecule has 0 unspecified atom stereocenters. The van der Waals surface area contributed by atoms with Gasteiger partial charge >= 0.3 is 5.97 Å². The number of hydrogen-bond acceptors (Lipinski definition) is 6. The van der Waals surface area contributed by atoms with Crippen LogP contribution in [-0.2, 0) is 25.2 Å². The fourth-order valence-corrected chi connectivity index (χ4v) is 4.12. The Labute approximate surface area is 176 Å². The Kier molecular flexibility index (Phi) is 6.31. The molecule has 0 aromatic heterocycles. The minimum Gasteiger partial charge on any atom is -0.507 e. The lowest BCUT2D eigenvalue weighted by atomic mass is 9.78. The molecule has 7 heteroatoms. The van der Waals surface area contributed by atoms with E-state index in [1.54, 1.807) is 6.08 Å².